The maximum Gasteiger partial charge on any atom is 0.323 e. The molecule has 0 aliphatic carbocycles. The minimum absolute atomic E-state index is 0.0858. The summed E-state index contributed by atoms with van der Waals surface area (Å²) in [7, 11) is 0. The summed E-state index contributed by atoms with van der Waals surface area (Å²) in [6, 6.07) is 6.93. The van der Waals surface area contributed by atoms with Crippen molar-refractivity contribution in [2.45, 2.75) is 32.7 Å². The number of nitrogens with two attached hydrogens (primary N) is 1. The molecule has 3 N–H and O–H groups in total. The minimum atomic E-state index is -0.994. The van der Waals surface area contributed by atoms with Gasteiger partial charge in [-0.05, 0) is 31.0 Å². The van der Waals surface area contributed by atoms with E-state index < -0.39 is 5.97 Å². The number of rotatable bonds is 6. The quantitative estimate of drug-likeness (QED) is 0.763. The van der Waals surface area contributed by atoms with Crippen LogP contribution in [-0.4, -0.2) is 34.5 Å². The predicted octanol–water partition coefficient (Wildman–Crippen LogP) is 1.52. The van der Waals surface area contributed by atoms with E-state index in [0.29, 0.717) is 5.69 Å². The van der Waals surface area contributed by atoms with Crippen LogP contribution in [0.2, 0.25) is 0 Å². The molecule has 0 aromatic heterocycles. The smallest absolute Gasteiger partial charge is 0.323 e. The van der Waals surface area contributed by atoms with Crippen molar-refractivity contribution < 1.29 is 14.7 Å². The van der Waals surface area contributed by atoms with Gasteiger partial charge in [0.2, 0.25) is 5.91 Å². The van der Waals surface area contributed by atoms with Gasteiger partial charge in [-0.2, -0.15) is 0 Å². The summed E-state index contributed by atoms with van der Waals surface area (Å²) in [6.07, 6.45) is 0.915. The minimum Gasteiger partial charge on any atom is -0.480 e. The summed E-state index contributed by atoms with van der Waals surface area (Å²) in [5.74, 6) is -1.17. The van der Waals surface area contributed by atoms with Gasteiger partial charge in [0.05, 0.1) is 6.42 Å². The maximum absolute atomic E-state index is 12.2. The standard InChI is InChI=1S/C14H20N2O3/c1-3-10(2)16(9-14(18)19)13(17)8-11-4-6-12(15)7-5-11/h4-7,10H,3,8-9,15H2,1-2H3,(H,18,19). The Bertz CT molecular complexity index is 443. The van der Waals surface area contributed by atoms with Gasteiger partial charge in [0.25, 0.3) is 0 Å². The number of amides is 1. The molecular formula is C14H20N2O3. The topological polar surface area (TPSA) is 83.6 Å². The van der Waals surface area contributed by atoms with Gasteiger partial charge in [0, 0.05) is 11.7 Å². The zero-order chi connectivity index (χ0) is 14.4. The van der Waals surface area contributed by atoms with Crippen LogP contribution in [0.25, 0.3) is 0 Å². The highest BCUT2D eigenvalue weighted by Gasteiger charge is 2.21. The number of carboxylic acids is 1. The number of nitrogen functional groups attached to an aromatic ring is 1. The van der Waals surface area contributed by atoms with Gasteiger partial charge in [-0.3, -0.25) is 9.59 Å². The lowest BCUT2D eigenvalue weighted by atomic mass is 10.1. The number of carboxylic acid groups (broad SMARTS) is 1. The van der Waals surface area contributed by atoms with E-state index >= 15 is 0 Å². The lowest BCUT2D eigenvalue weighted by molar-refractivity contribution is -0.145. The van der Waals surface area contributed by atoms with E-state index in [-0.39, 0.29) is 24.9 Å². The zero-order valence-corrected chi connectivity index (χ0v) is 11.3. The average molecular weight is 264 g/mol. The zero-order valence-electron chi connectivity index (χ0n) is 11.3. The molecule has 0 aliphatic heterocycles. The van der Waals surface area contributed by atoms with Crippen LogP contribution >= 0.6 is 0 Å². The van der Waals surface area contributed by atoms with Crippen molar-refractivity contribution >= 4 is 17.6 Å². The van der Waals surface area contributed by atoms with Crippen LogP contribution in [0.15, 0.2) is 24.3 Å². The normalized spacial score (nSPS) is 11.9. The lowest BCUT2D eigenvalue weighted by Gasteiger charge is -2.27. The second-order valence-corrected chi connectivity index (χ2v) is 4.59. The monoisotopic (exact) mass is 264 g/mol. The Hall–Kier alpha value is -2.04. The van der Waals surface area contributed by atoms with Crippen molar-refractivity contribution in [3.05, 3.63) is 29.8 Å². The van der Waals surface area contributed by atoms with Crippen molar-refractivity contribution in [2.75, 3.05) is 12.3 Å². The Morgan fingerprint density at radius 2 is 1.89 bits per heavy atom. The Labute approximate surface area is 113 Å². The van der Waals surface area contributed by atoms with Crippen molar-refractivity contribution in [3.8, 4) is 0 Å². The molecule has 0 fully saturated rings. The molecule has 1 amide bonds. The average Bonchev–Trinajstić information content (AvgIpc) is 2.37. The third-order valence-corrected chi connectivity index (χ3v) is 3.08. The molecule has 0 saturated carbocycles. The van der Waals surface area contributed by atoms with E-state index in [2.05, 4.69) is 0 Å². The Morgan fingerprint density at radius 1 is 1.32 bits per heavy atom. The summed E-state index contributed by atoms with van der Waals surface area (Å²) < 4.78 is 0. The summed E-state index contributed by atoms with van der Waals surface area (Å²) >= 11 is 0. The number of carbonyl (C=O) groups is 2. The van der Waals surface area contributed by atoms with Gasteiger partial charge in [-0.15, -0.1) is 0 Å². The number of nitrogens with zero attached hydrogens (tertiary/aromatic N) is 1. The molecule has 1 aromatic rings. The number of benzene rings is 1. The molecule has 0 saturated heterocycles. The molecule has 0 spiro atoms. The van der Waals surface area contributed by atoms with Crippen LogP contribution in [0.5, 0.6) is 0 Å². The van der Waals surface area contributed by atoms with Crippen LogP contribution in [-0.2, 0) is 16.0 Å². The molecule has 104 valence electrons. The van der Waals surface area contributed by atoms with Crippen molar-refractivity contribution in [2.24, 2.45) is 0 Å². The Morgan fingerprint density at radius 3 is 2.37 bits per heavy atom. The highest BCUT2D eigenvalue weighted by Crippen LogP contribution is 2.10. The highest BCUT2D eigenvalue weighted by molar-refractivity contribution is 5.83. The van der Waals surface area contributed by atoms with Gasteiger partial charge in [-0.1, -0.05) is 19.1 Å². The first-order valence-corrected chi connectivity index (χ1v) is 6.29. The van der Waals surface area contributed by atoms with E-state index in [1.165, 1.54) is 4.90 Å². The first-order chi connectivity index (χ1) is 8.93. The predicted molar refractivity (Wildman–Crippen MR) is 73.7 cm³/mol. The fourth-order valence-corrected chi connectivity index (χ4v) is 1.77. The number of hydrogen-bond donors (Lipinski definition) is 2. The Balaban J connectivity index is 2.76. The molecule has 5 nitrogen and oxygen atoms in total. The fourth-order valence-electron chi connectivity index (χ4n) is 1.77. The molecule has 5 heteroatoms. The molecule has 1 aromatic carbocycles. The second-order valence-electron chi connectivity index (χ2n) is 4.59. The van der Waals surface area contributed by atoms with Crippen LogP contribution in [0.3, 0.4) is 0 Å². The molecule has 1 atom stereocenters. The number of anilines is 1. The summed E-state index contributed by atoms with van der Waals surface area (Å²) in [5.41, 5.74) is 7.05. The lowest BCUT2D eigenvalue weighted by Crippen LogP contribution is -2.42. The van der Waals surface area contributed by atoms with Gasteiger partial charge < -0.3 is 15.7 Å². The third-order valence-electron chi connectivity index (χ3n) is 3.08. The first kappa shape index (κ1) is 15.0. The van der Waals surface area contributed by atoms with Crippen molar-refractivity contribution in [1.29, 1.82) is 0 Å². The molecule has 1 unspecified atom stereocenters. The second kappa shape index (κ2) is 6.78. The van der Waals surface area contributed by atoms with Crippen molar-refractivity contribution in [1.82, 2.24) is 4.90 Å². The molecule has 0 aliphatic rings. The first-order valence-electron chi connectivity index (χ1n) is 6.29. The number of aliphatic carboxylic acids is 1. The van der Waals surface area contributed by atoms with Crippen LogP contribution in [0.4, 0.5) is 5.69 Å². The molecule has 0 radical (unpaired) electrons. The van der Waals surface area contributed by atoms with Crippen LogP contribution in [0, 0.1) is 0 Å². The summed E-state index contributed by atoms with van der Waals surface area (Å²) in [4.78, 5) is 24.4. The highest BCUT2D eigenvalue weighted by atomic mass is 16.4. The number of carbonyl (C=O) groups excluding carboxylic acids is 1. The van der Waals surface area contributed by atoms with E-state index in [1.807, 2.05) is 13.8 Å². The van der Waals surface area contributed by atoms with Gasteiger partial charge in [0.15, 0.2) is 0 Å². The number of hydrogen-bond acceptors (Lipinski definition) is 3. The largest absolute Gasteiger partial charge is 0.480 e. The van der Waals surface area contributed by atoms with E-state index in [9.17, 15) is 9.59 Å². The van der Waals surface area contributed by atoms with Crippen LogP contribution < -0.4 is 5.73 Å². The summed E-state index contributed by atoms with van der Waals surface area (Å²) in [5, 5.41) is 8.87. The fraction of sp³-hybridized carbons (Fsp3) is 0.429. The summed E-state index contributed by atoms with van der Waals surface area (Å²) in [6.45, 7) is 3.52. The van der Waals surface area contributed by atoms with Crippen molar-refractivity contribution in [3.63, 3.8) is 0 Å². The Kier molecular flexibility index (Phi) is 5.36. The van der Waals surface area contributed by atoms with Gasteiger partial charge in [-0.25, -0.2) is 0 Å². The maximum atomic E-state index is 12.2. The van der Waals surface area contributed by atoms with Gasteiger partial charge in [0.1, 0.15) is 6.54 Å². The molecular weight excluding hydrogens is 244 g/mol. The molecule has 19 heavy (non-hydrogen) atoms. The molecule has 0 heterocycles. The third kappa shape index (κ3) is 4.62. The van der Waals surface area contributed by atoms with E-state index in [1.54, 1.807) is 24.3 Å². The molecule has 0 bridgehead atoms. The van der Waals surface area contributed by atoms with Gasteiger partial charge >= 0.3 is 5.97 Å². The SMILES string of the molecule is CCC(C)N(CC(=O)O)C(=O)Cc1ccc(N)cc1. The van der Waals surface area contributed by atoms with E-state index in [0.717, 1.165) is 12.0 Å². The molecule has 1 rings (SSSR count). The van der Waals surface area contributed by atoms with Crippen LogP contribution in [0.1, 0.15) is 25.8 Å². The van der Waals surface area contributed by atoms with E-state index in [4.69, 9.17) is 10.8 Å².